The topological polar surface area (TPSA) is 58.2 Å². The Morgan fingerprint density at radius 3 is 2.56 bits per heavy atom. The quantitative estimate of drug-likeness (QED) is 0.378. The van der Waals surface area contributed by atoms with E-state index < -0.39 is 0 Å². The third-order valence-corrected chi connectivity index (χ3v) is 6.11. The average molecular weight is 448 g/mol. The molecular weight excluding hydrogens is 422 g/mol. The summed E-state index contributed by atoms with van der Waals surface area (Å²) in [5.74, 6) is -0.359. The Morgan fingerprint density at radius 1 is 1.09 bits per heavy atom. The summed E-state index contributed by atoms with van der Waals surface area (Å²) >= 11 is 6.21. The lowest BCUT2D eigenvalue weighted by Crippen LogP contribution is -2.27. The van der Waals surface area contributed by atoms with Crippen molar-refractivity contribution < 1.29 is 9.53 Å². The maximum Gasteiger partial charge on any atom is 0.338 e. The number of H-pyrrole nitrogens is 1. The highest BCUT2D eigenvalue weighted by Crippen LogP contribution is 2.37. The third-order valence-electron chi connectivity index (χ3n) is 5.87. The van der Waals surface area contributed by atoms with E-state index in [9.17, 15) is 4.79 Å². The lowest BCUT2D eigenvalue weighted by Gasteiger charge is -2.20. The van der Waals surface area contributed by atoms with Crippen LogP contribution in [0.5, 0.6) is 0 Å². The van der Waals surface area contributed by atoms with Gasteiger partial charge in [0.05, 0.1) is 12.7 Å². The molecule has 6 heteroatoms. The molecule has 2 heterocycles. The van der Waals surface area contributed by atoms with Crippen LogP contribution >= 0.6 is 11.6 Å². The number of halogens is 1. The Bertz CT molecular complexity index is 1280. The Morgan fingerprint density at radius 2 is 1.84 bits per heavy atom. The molecule has 0 aliphatic carbocycles. The molecule has 0 radical (unpaired) electrons. The number of carbonyl (C=O) groups is 1. The molecule has 0 aliphatic heterocycles. The number of rotatable bonds is 6. The number of esters is 1. The molecule has 0 saturated carbocycles. The number of aromatic amines is 1. The molecule has 1 atom stereocenters. The lowest BCUT2D eigenvalue weighted by molar-refractivity contribution is 0.0603. The van der Waals surface area contributed by atoms with Crippen LogP contribution in [0.15, 0.2) is 60.9 Å². The number of fused-ring (bicyclic) bond motifs is 1. The van der Waals surface area contributed by atoms with Gasteiger partial charge >= 0.3 is 5.97 Å². The average Bonchev–Trinajstić information content (AvgIpc) is 3.16. The van der Waals surface area contributed by atoms with Gasteiger partial charge in [0.15, 0.2) is 0 Å². The molecule has 32 heavy (non-hydrogen) atoms. The SMILES string of the molecule is COC(=O)c1cccc2[nH]c(CC(C)N(C)C)c(-c3cncc(-c4cccc(Cl)c4)c3)c12. The van der Waals surface area contributed by atoms with Crippen LogP contribution in [0.3, 0.4) is 0 Å². The minimum atomic E-state index is -0.359. The van der Waals surface area contributed by atoms with Crippen molar-refractivity contribution in [3.8, 4) is 22.3 Å². The van der Waals surface area contributed by atoms with E-state index in [1.165, 1.54) is 7.11 Å². The highest BCUT2D eigenvalue weighted by atomic mass is 35.5. The molecule has 1 N–H and O–H groups in total. The van der Waals surface area contributed by atoms with E-state index in [1.807, 2.05) is 48.8 Å². The van der Waals surface area contributed by atoms with Gasteiger partial charge in [-0.25, -0.2) is 4.79 Å². The van der Waals surface area contributed by atoms with Gasteiger partial charge in [-0.05, 0) is 56.9 Å². The van der Waals surface area contributed by atoms with Gasteiger partial charge in [-0.1, -0.05) is 29.8 Å². The first-order valence-corrected chi connectivity index (χ1v) is 10.9. The Labute approximate surface area is 193 Å². The predicted molar refractivity (Wildman–Crippen MR) is 130 cm³/mol. The van der Waals surface area contributed by atoms with Crippen molar-refractivity contribution in [1.29, 1.82) is 0 Å². The summed E-state index contributed by atoms with van der Waals surface area (Å²) in [6.45, 7) is 2.18. The van der Waals surface area contributed by atoms with E-state index in [0.717, 1.165) is 45.3 Å². The summed E-state index contributed by atoms with van der Waals surface area (Å²) in [5.41, 5.74) is 6.36. The number of benzene rings is 2. The minimum Gasteiger partial charge on any atom is -0.465 e. The van der Waals surface area contributed by atoms with Crippen LogP contribution in [0.25, 0.3) is 33.2 Å². The molecule has 0 saturated heterocycles. The van der Waals surface area contributed by atoms with Crippen LogP contribution in [0, 0.1) is 0 Å². The first-order valence-electron chi connectivity index (χ1n) is 10.5. The second-order valence-electron chi connectivity index (χ2n) is 8.19. The number of nitrogens with one attached hydrogen (secondary N) is 1. The van der Waals surface area contributed by atoms with E-state index in [2.05, 4.69) is 42.0 Å². The number of methoxy groups -OCH3 is 1. The fourth-order valence-electron chi connectivity index (χ4n) is 3.93. The number of hydrogen-bond donors (Lipinski definition) is 1. The molecular formula is C26H26ClN3O2. The Kier molecular flexibility index (Phi) is 6.31. The molecule has 1 unspecified atom stereocenters. The normalized spacial score (nSPS) is 12.3. The molecule has 4 rings (SSSR count). The second-order valence-corrected chi connectivity index (χ2v) is 8.62. The summed E-state index contributed by atoms with van der Waals surface area (Å²) in [4.78, 5) is 22.9. The minimum absolute atomic E-state index is 0.299. The number of hydrogen-bond acceptors (Lipinski definition) is 4. The zero-order valence-electron chi connectivity index (χ0n) is 18.6. The first kappa shape index (κ1) is 22.1. The van der Waals surface area contributed by atoms with Crippen molar-refractivity contribution in [3.05, 3.63) is 77.2 Å². The fourth-order valence-corrected chi connectivity index (χ4v) is 4.12. The highest BCUT2D eigenvalue weighted by molar-refractivity contribution is 6.30. The number of pyridine rings is 1. The lowest BCUT2D eigenvalue weighted by atomic mass is 9.95. The van der Waals surface area contributed by atoms with Crippen LogP contribution in [-0.4, -0.2) is 48.1 Å². The second kappa shape index (κ2) is 9.15. The summed E-state index contributed by atoms with van der Waals surface area (Å²) in [6, 6.07) is 15.8. The van der Waals surface area contributed by atoms with Crippen molar-refractivity contribution in [2.45, 2.75) is 19.4 Å². The van der Waals surface area contributed by atoms with Crippen molar-refractivity contribution in [1.82, 2.24) is 14.9 Å². The van der Waals surface area contributed by atoms with Crippen molar-refractivity contribution >= 4 is 28.5 Å². The third kappa shape index (κ3) is 4.27. The predicted octanol–water partition coefficient (Wildman–Crippen LogP) is 5.83. The van der Waals surface area contributed by atoms with Gasteiger partial charge in [0.2, 0.25) is 0 Å². The van der Waals surface area contributed by atoms with Gasteiger partial charge < -0.3 is 14.6 Å². The van der Waals surface area contributed by atoms with E-state index in [0.29, 0.717) is 16.6 Å². The Hall–Kier alpha value is -3.15. The van der Waals surface area contributed by atoms with Gasteiger partial charge in [-0.2, -0.15) is 0 Å². The van der Waals surface area contributed by atoms with Gasteiger partial charge in [0.1, 0.15) is 0 Å². The zero-order valence-corrected chi connectivity index (χ0v) is 19.4. The van der Waals surface area contributed by atoms with Crippen LogP contribution < -0.4 is 0 Å². The molecule has 0 fully saturated rings. The van der Waals surface area contributed by atoms with Crippen LogP contribution in [0.1, 0.15) is 23.0 Å². The molecule has 0 amide bonds. The molecule has 5 nitrogen and oxygen atoms in total. The highest BCUT2D eigenvalue weighted by Gasteiger charge is 2.22. The van der Waals surface area contributed by atoms with Crippen molar-refractivity contribution in [2.24, 2.45) is 0 Å². The van der Waals surface area contributed by atoms with E-state index >= 15 is 0 Å². The zero-order chi connectivity index (χ0) is 22.8. The van der Waals surface area contributed by atoms with Crippen molar-refractivity contribution in [2.75, 3.05) is 21.2 Å². The van der Waals surface area contributed by atoms with E-state index in [-0.39, 0.29) is 5.97 Å². The summed E-state index contributed by atoms with van der Waals surface area (Å²) in [5, 5.41) is 1.53. The molecule has 164 valence electrons. The van der Waals surface area contributed by atoms with Crippen LogP contribution in [0.2, 0.25) is 5.02 Å². The first-order chi connectivity index (χ1) is 15.4. The van der Waals surface area contributed by atoms with Crippen LogP contribution in [-0.2, 0) is 11.2 Å². The number of nitrogens with zero attached hydrogens (tertiary/aromatic N) is 2. The van der Waals surface area contributed by atoms with E-state index in [1.54, 1.807) is 6.07 Å². The number of aromatic nitrogens is 2. The molecule has 0 spiro atoms. The van der Waals surface area contributed by atoms with Gasteiger partial charge in [0, 0.05) is 63.2 Å². The maximum absolute atomic E-state index is 12.6. The Balaban J connectivity index is 1.95. The molecule has 0 aliphatic rings. The molecule has 2 aromatic heterocycles. The number of carbonyl (C=O) groups excluding carboxylic acids is 1. The van der Waals surface area contributed by atoms with Gasteiger partial charge in [-0.3, -0.25) is 4.98 Å². The fraction of sp³-hybridized carbons (Fsp3) is 0.231. The molecule has 2 aromatic carbocycles. The standard InChI is InChI=1S/C26H26ClN3O2/c1-16(30(2)3)11-23-24(25-21(26(31)32-4)9-6-10-22(25)29-23)19-12-18(14-28-15-19)17-7-5-8-20(27)13-17/h5-10,12-16,29H,11H2,1-4H3. The smallest absolute Gasteiger partial charge is 0.338 e. The number of ether oxygens (including phenoxy) is 1. The van der Waals surface area contributed by atoms with Gasteiger partial charge in [-0.15, -0.1) is 0 Å². The summed E-state index contributed by atoms with van der Waals surface area (Å²) < 4.78 is 5.08. The number of likely N-dealkylation sites (N-methyl/N-ethyl adjacent to an activating group) is 1. The van der Waals surface area contributed by atoms with Crippen molar-refractivity contribution in [3.63, 3.8) is 0 Å². The van der Waals surface area contributed by atoms with E-state index in [4.69, 9.17) is 16.3 Å². The maximum atomic E-state index is 12.6. The van der Waals surface area contributed by atoms with Crippen LogP contribution in [0.4, 0.5) is 0 Å². The molecule has 4 aromatic rings. The summed E-state index contributed by atoms with van der Waals surface area (Å²) in [7, 11) is 5.53. The molecule has 0 bridgehead atoms. The monoisotopic (exact) mass is 447 g/mol. The largest absolute Gasteiger partial charge is 0.465 e. The summed E-state index contributed by atoms with van der Waals surface area (Å²) in [6.07, 6.45) is 4.46. The van der Waals surface area contributed by atoms with Gasteiger partial charge in [0.25, 0.3) is 0 Å².